The zero-order chi connectivity index (χ0) is 16.7. The number of rotatable bonds is 5. The number of benzene rings is 2. The van der Waals surface area contributed by atoms with E-state index in [1.54, 1.807) is 12.1 Å². The van der Waals surface area contributed by atoms with Crippen molar-refractivity contribution in [3.63, 3.8) is 0 Å². The van der Waals surface area contributed by atoms with Crippen LogP contribution in [0.25, 0.3) is 0 Å². The lowest BCUT2D eigenvalue weighted by Crippen LogP contribution is -2.00. The number of hydrogen-bond acceptors (Lipinski definition) is 4. The summed E-state index contributed by atoms with van der Waals surface area (Å²) in [6.07, 6.45) is 0. The number of carboxylic acid groups (broad SMARTS) is 1. The van der Waals surface area contributed by atoms with Crippen LogP contribution in [-0.4, -0.2) is 25.3 Å². The molecule has 5 nitrogen and oxygen atoms in total. The van der Waals surface area contributed by atoms with Crippen LogP contribution in [-0.2, 0) is 11.4 Å². The molecule has 0 saturated carbocycles. The molecule has 2 aromatic rings. The number of carbonyl (C=O) groups is 1. The van der Waals surface area contributed by atoms with Crippen LogP contribution in [0.2, 0.25) is 0 Å². The molecule has 118 valence electrons. The molecular weight excluding hydrogens is 296 g/mol. The molecule has 23 heavy (non-hydrogen) atoms. The van der Waals surface area contributed by atoms with Crippen LogP contribution < -0.4 is 14.2 Å². The molecule has 0 aliphatic heterocycles. The molecule has 0 bridgehead atoms. The summed E-state index contributed by atoms with van der Waals surface area (Å²) in [5.41, 5.74) is 1.47. The fraction of sp³-hybridized carbons (Fsp3) is 0.167. The Hall–Kier alpha value is -3.13. The van der Waals surface area contributed by atoms with Crippen molar-refractivity contribution in [3.8, 4) is 29.1 Å². The number of hydrogen-bond donors (Lipinski definition) is 1. The Morgan fingerprint density at radius 2 is 1.70 bits per heavy atom. The highest BCUT2D eigenvalue weighted by atomic mass is 16.5. The van der Waals surface area contributed by atoms with E-state index in [1.807, 2.05) is 30.3 Å². The van der Waals surface area contributed by atoms with Gasteiger partial charge < -0.3 is 19.3 Å². The van der Waals surface area contributed by atoms with Crippen molar-refractivity contribution in [1.82, 2.24) is 0 Å². The lowest BCUT2D eigenvalue weighted by Gasteiger charge is -2.15. The maximum Gasteiger partial charge on any atom is 0.382 e. The van der Waals surface area contributed by atoms with Crippen LogP contribution in [0.1, 0.15) is 11.1 Å². The van der Waals surface area contributed by atoms with Gasteiger partial charge in [0.1, 0.15) is 6.61 Å². The van der Waals surface area contributed by atoms with Crippen LogP contribution in [0.4, 0.5) is 0 Å². The van der Waals surface area contributed by atoms with Gasteiger partial charge in [-0.3, -0.25) is 0 Å². The SMILES string of the molecule is COc1cc(C#CC(=O)O)cc(OC)c1OCc1ccccc1. The summed E-state index contributed by atoms with van der Waals surface area (Å²) in [6, 6.07) is 12.9. The monoisotopic (exact) mass is 312 g/mol. The van der Waals surface area contributed by atoms with Crippen LogP contribution in [0.5, 0.6) is 17.2 Å². The van der Waals surface area contributed by atoms with Crippen molar-refractivity contribution in [1.29, 1.82) is 0 Å². The summed E-state index contributed by atoms with van der Waals surface area (Å²) in [5.74, 6) is 4.68. The first-order valence-corrected chi connectivity index (χ1v) is 6.81. The molecule has 5 heteroatoms. The quantitative estimate of drug-likeness (QED) is 0.860. The van der Waals surface area contributed by atoms with E-state index in [2.05, 4.69) is 11.8 Å². The summed E-state index contributed by atoms with van der Waals surface area (Å²) in [7, 11) is 3.00. The van der Waals surface area contributed by atoms with Crippen molar-refractivity contribution >= 4 is 5.97 Å². The zero-order valence-electron chi connectivity index (χ0n) is 12.8. The number of methoxy groups -OCH3 is 2. The summed E-state index contributed by atoms with van der Waals surface area (Å²) >= 11 is 0. The van der Waals surface area contributed by atoms with E-state index in [0.717, 1.165) is 5.56 Å². The summed E-state index contributed by atoms with van der Waals surface area (Å²) in [4.78, 5) is 10.5. The second kappa shape index (κ2) is 7.76. The number of ether oxygens (including phenoxy) is 3. The number of carboxylic acids is 1. The molecule has 0 aliphatic rings. The molecule has 0 atom stereocenters. The second-order valence-corrected chi connectivity index (χ2v) is 4.54. The summed E-state index contributed by atoms with van der Waals surface area (Å²) in [6.45, 7) is 0.355. The van der Waals surface area contributed by atoms with Gasteiger partial charge in [0.25, 0.3) is 0 Å². The fourth-order valence-corrected chi connectivity index (χ4v) is 1.95. The second-order valence-electron chi connectivity index (χ2n) is 4.54. The maximum absolute atomic E-state index is 10.5. The largest absolute Gasteiger partial charge is 0.493 e. The minimum Gasteiger partial charge on any atom is -0.493 e. The predicted octanol–water partition coefficient (Wildman–Crippen LogP) is 2.72. The lowest BCUT2D eigenvalue weighted by molar-refractivity contribution is -0.130. The van der Waals surface area contributed by atoms with Gasteiger partial charge in [-0.2, -0.15) is 0 Å². The Kier molecular flexibility index (Phi) is 5.48. The first-order chi connectivity index (χ1) is 11.1. The fourth-order valence-electron chi connectivity index (χ4n) is 1.95. The Morgan fingerprint density at radius 3 is 2.22 bits per heavy atom. The Bertz CT molecular complexity index is 716. The number of aliphatic carboxylic acids is 1. The molecule has 2 aromatic carbocycles. The highest BCUT2D eigenvalue weighted by Crippen LogP contribution is 2.38. The molecule has 0 spiro atoms. The van der Waals surface area contributed by atoms with Crippen LogP contribution in [0.3, 0.4) is 0 Å². The maximum atomic E-state index is 10.5. The molecule has 1 N–H and O–H groups in total. The van der Waals surface area contributed by atoms with Gasteiger partial charge in [-0.1, -0.05) is 36.3 Å². The highest BCUT2D eigenvalue weighted by Gasteiger charge is 2.14. The van der Waals surface area contributed by atoms with Crippen molar-refractivity contribution in [3.05, 3.63) is 53.6 Å². The van der Waals surface area contributed by atoms with Gasteiger partial charge in [0, 0.05) is 11.5 Å². The molecule has 0 saturated heterocycles. The van der Waals surface area contributed by atoms with E-state index >= 15 is 0 Å². The first-order valence-electron chi connectivity index (χ1n) is 6.81. The van der Waals surface area contributed by atoms with E-state index in [0.29, 0.717) is 29.4 Å². The average molecular weight is 312 g/mol. The first kappa shape index (κ1) is 16.2. The summed E-state index contributed by atoms with van der Waals surface area (Å²) in [5, 5.41) is 8.63. The van der Waals surface area contributed by atoms with Gasteiger partial charge in [0.05, 0.1) is 14.2 Å². The van der Waals surface area contributed by atoms with Crippen molar-refractivity contribution in [2.45, 2.75) is 6.61 Å². The lowest BCUT2D eigenvalue weighted by atomic mass is 10.2. The topological polar surface area (TPSA) is 65.0 Å². The van der Waals surface area contributed by atoms with Gasteiger partial charge in [0.2, 0.25) is 5.75 Å². The van der Waals surface area contributed by atoms with E-state index in [-0.39, 0.29) is 0 Å². The van der Waals surface area contributed by atoms with Gasteiger partial charge in [-0.15, -0.1) is 0 Å². The smallest absolute Gasteiger partial charge is 0.382 e. The zero-order valence-corrected chi connectivity index (χ0v) is 12.8. The van der Waals surface area contributed by atoms with Crippen LogP contribution in [0, 0.1) is 11.8 Å². The average Bonchev–Trinajstić information content (AvgIpc) is 2.58. The van der Waals surface area contributed by atoms with E-state index in [9.17, 15) is 4.79 Å². The predicted molar refractivity (Wildman–Crippen MR) is 84.8 cm³/mol. The molecule has 0 aromatic heterocycles. The third kappa shape index (κ3) is 4.42. The van der Waals surface area contributed by atoms with E-state index < -0.39 is 5.97 Å². The minimum atomic E-state index is -1.20. The normalized spacial score (nSPS) is 9.48. The molecule has 0 fully saturated rings. The molecule has 0 radical (unpaired) electrons. The van der Waals surface area contributed by atoms with Crippen LogP contribution >= 0.6 is 0 Å². The van der Waals surface area contributed by atoms with Crippen molar-refractivity contribution < 1.29 is 24.1 Å². The van der Waals surface area contributed by atoms with E-state index in [1.165, 1.54) is 14.2 Å². The van der Waals surface area contributed by atoms with Crippen molar-refractivity contribution in [2.75, 3.05) is 14.2 Å². The Balaban J connectivity index is 2.31. The van der Waals surface area contributed by atoms with Gasteiger partial charge in [-0.25, -0.2) is 4.79 Å². The van der Waals surface area contributed by atoms with Gasteiger partial charge in [-0.05, 0) is 17.7 Å². The Morgan fingerprint density at radius 1 is 1.09 bits per heavy atom. The molecule has 0 heterocycles. The highest BCUT2D eigenvalue weighted by molar-refractivity contribution is 5.87. The molecule has 0 aliphatic carbocycles. The van der Waals surface area contributed by atoms with Gasteiger partial charge in [0.15, 0.2) is 11.5 Å². The molecule has 0 amide bonds. The molecule has 2 rings (SSSR count). The van der Waals surface area contributed by atoms with Crippen molar-refractivity contribution in [2.24, 2.45) is 0 Å². The minimum absolute atomic E-state index is 0.355. The third-order valence-electron chi connectivity index (χ3n) is 3.00. The summed E-state index contributed by atoms with van der Waals surface area (Å²) < 4.78 is 16.4. The standard InChI is InChI=1S/C18H16O5/c1-21-15-10-14(8-9-17(19)20)11-16(22-2)18(15)23-12-13-6-4-3-5-7-13/h3-7,10-11H,12H2,1-2H3,(H,19,20). The van der Waals surface area contributed by atoms with E-state index in [4.69, 9.17) is 19.3 Å². The Labute approximate surface area is 134 Å². The molecule has 0 unspecified atom stereocenters. The van der Waals surface area contributed by atoms with Crippen LogP contribution in [0.15, 0.2) is 42.5 Å². The third-order valence-corrected chi connectivity index (χ3v) is 3.00. The molecular formula is C18H16O5. The van der Waals surface area contributed by atoms with Gasteiger partial charge >= 0.3 is 5.97 Å².